The molecule has 1 saturated heterocycles. The molecular formula is C12H25N3O. The van der Waals surface area contributed by atoms with Crippen LogP contribution in [0, 0.1) is 5.92 Å². The second-order valence-electron chi connectivity index (χ2n) is 5.03. The molecule has 1 amide bonds. The molecule has 0 radical (unpaired) electrons. The van der Waals surface area contributed by atoms with Gasteiger partial charge in [-0.25, -0.2) is 0 Å². The SMILES string of the molecule is CCC(C)[C@H](N)C(=O)N1CCN(C)C(C)C1. The fraction of sp³-hybridized carbons (Fsp3) is 0.917. The quantitative estimate of drug-likeness (QED) is 0.765. The molecule has 1 aliphatic rings. The molecule has 1 fully saturated rings. The number of carbonyl (C=O) groups is 1. The van der Waals surface area contributed by atoms with Crippen molar-refractivity contribution in [3.8, 4) is 0 Å². The third-order valence-electron chi connectivity index (χ3n) is 3.81. The van der Waals surface area contributed by atoms with Gasteiger partial charge in [-0.2, -0.15) is 0 Å². The van der Waals surface area contributed by atoms with Crippen LogP contribution in [0.25, 0.3) is 0 Å². The van der Waals surface area contributed by atoms with Gasteiger partial charge in [0.2, 0.25) is 5.91 Å². The Labute approximate surface area is 98.8 Å². The number of rotatable bonds is 3. The van der Waals surface area contributed by atoms with E-state index < -0.39 is 0 Å². The van der Waals surface area contributed by atoms with E-state index in [9.17, 15) is 4.79 Å². The van der Waals surface area contributed by atoms with Crippen LogP contribution in [0.1, 0.15) is 27.2 Å². The first-order valence-corrected chi connectivity index (χ1v) is 6.22. The average Bonchev–Trinajstić information content (AvgIpc) is 2.29. The van der Waals surface area contributed by atoms with Crippen LogP contribution in [0.3, 0.4) is 0 Å². The number of likely N-dealkylation sites (N-methyl/N-ethyl adjacent to an activating group) is 1. The lowest BCUT2D eigenvalue weighted by atomic mass is 9.98. The van der Waals surface area contributed by atoms with Crippen LogP contribution >= 0.6 is 0 Å². The van der Waals surface area contributed by atoms with E-state index in [2.05, 4.69) is 25.8 Å². The van der Waals surface area contributed by atoms with Gasteiger partial charge in [0.15, 0.2) is 0 Å². The molecule has 0 aromatic rings. The second-order valence-corrected chi connectivity index (χ2v) is 5.03. The van der Waals surface area contributed by atoms with Gasteiger partial charge in [-0.3, -0.25) is 4.79 Å². The van der Waals surface area contributed by atoms with Crippen molar-refractivity contribution in [3.63, 3.8) is 0 Å². The van der Waals surface area contributed by atoms with E-state index in [1.165, 1.54) is 0 Å². The molecule has 1 heterocycles. The van der Waals surface area contributed by atoms with Gasteiger partial charge in [0.05, 0.1) is 6.04 Å². The lowest BCUT2D eigenvalue weighted by Gasteiger charge is -2.39. The minimum Gasteiger partial charge on any atom is -0.339 e. The second kappa shape index (κ2) is 5.64. The molecule has 2 N–H and O–H groups in total. The summed E-state index contributed by atoms with van der Waals surface area (Å²) in [4.78, 5) is 16.3. The molecule has 0 spiro atoms. The molecule has 1 aliphatic heterocycles. The van der Waals surface area contributed by atoms with Gasteiger partial charge in [-0.1, -0.05) is 20.3 Å². The molecule has 0 bridgehead atoms. The normalized spacial score (nSPS) is 26.6. The van der Waals surface area contributed by atoms with Gasteiger partial charge in [0, 0.05) is 25.7 Å². The van der Waals surface area contributed by atoms with Crippen LogP contribution in [-0.4, -0.2) is 54.5 Å². The summed E-state index contributed by atoms with van der Waals surface area (Å²) in [6.07, 6.45) is 0.955. The van der Waals surface area contributed by atoms with Crippen LogP contribution in [0.15, 0.2) is 0 Å². The zero-order valence-corrected chi connectivity index (χ0v) is 10.9. The molecule has 0 aliphatic carbocycles. The molecule has 2 unspecified atom stereocenters. The highest BCUT2D eigenvalue weighted by Crippen LogP contribution is 2.12. The Balaban J connectivity index is 2.55. The largest absolute Gasteiger partial charge is 0.339 e. The Morgan fingerprint density at radius 3 is 2.62 bits per heavy atom. The Hall–Kier alpha value is -0.610. The van der Waals surface area contributed by atoms with E-state index in [-0.39, 0.29) is 17.9 Å². The number of piperazine rings is 1. The van der Waals surface area contributed by atoms with E-state index in [4.69, 9.17) is 5.73 Å². The molecule has 1 rings (SSSR count). The van der Waals surface area contributed by atoms with Crippen LogP contribution in [0.5, 0.6) is 0 Å². The van der Waals surface area contributed by atoms with Crippen molar-refractivity contribution in [2.24, 2.45) is 11.7 Å². The number of carbonyl (C=O) groups excluding carboxylic acids is 1. The van der Waals surface area contributed by atoms with Crippen molar-refractivity contribution in [1.82, 2.24) is 9.80 Å². The fourth-order valence-corrected chi connectivity index (χ4v) is 1.96. The number of amides is 1. The lowest BCUT2D eigenvalue weighted by Crippen LogP contribution is -2.56. The number of hydrogen-bond donors (Lipinski definition) is 1. The highest BCUT2D eigenvalue weighted by molar-refractivity contribution is 5.82. The predicted molar refractivity (Wildman–Crippen MR) is 66.1 cm³/mol. The molecule has 0 aromatic heterocycles. The highest BCUT2D eigenvalue weighted by Gasteiger charge is 2.29. The predicted octanol–water partition coefficient (Wildman–Crippen LogP) is 0.522. The number of nitrogens with two attached hydrogens (primary N) is 1. The van der Waals surface area contributed by atoms with Gasteiger partial charge in [-0.15, -0.1) is 0 Å². The Bertz CT molecular complexity index is 244. The first-order chi connectivity index (χ1) is 7.47. The molecule has 0 aromatic carbocycles. The van der Waals surface area contributed by atoms with Gasteiger partial charge in [-0.05, 0) is 19.9 Å². The zero-order chi connectivity index (χ0) is 12.3. The van der Waals surface area contributed by atoms with Gasteiger partial charge < -0.3 is 15.5 Å². The first kappa shape index (κ1) is 13.5. The summed E-state index contributed by atoms with van der Waals surface area (Å²) in [5, 5.41) is 0. The Kier molecular flexibility index (Phi) is 4.74. The van der Waals surface area contributed by atoms with Crippen molar-refractivity contribution in [3.05, 3.63) is 0 Å². The highest BCUT2D eigenvalue weighted by atomic mass is 16.2. The zero-order valence-electron chi connectivity index (χ0n) is 10.9. The summed E-state index contributed by atoms with van der Waals surface area (Å²) in [5.41, 5.74) is 5.98. The Morgan fingerprint density at radius 2 is 2.12 bits per heavy atom. The molecule has 4 heteroatoms. The van der Waals surface area contributed by atoms with Gasteiger partial charge in [0.25, 0.3) is 0 Å². The third kappa shape index (κ3) is 2.95. The summed E-state index contributed by atoms with van der Waals surface area (Å²) in [6.45, 7) is 8.82. The first-order valence-electron chi connectivity index (χ1n) is 6.22. The molecule has 16 heavy (non-hydrogen) atoms. The van der Waals surface area contributed by atoms with Crippen molar-refractivity contribution in [1.29, 1.82) is 0 Å². The summed E-state index contributed by atoms with van der Waals surface area (Å²) >= 11 is 0. The minimum absolute atomic E-state index is 0.120. The van der Waals surface area contributed by atoms with Crippen molar-refractivity contribution in [2.45, 2.75) is 39.3 Å². The minimum atomic E-state index is -0.333. The Morgan fingerprint density at radius 1 is 1.50 bits per heavy atom. The topological polar surface area (TPSA) is 49.6 Å². The van der Waals surface area contributed by atoms with Crippen LogP contribution in [0.2, 0.25) is 0 Å². The van der Waals surface area contributed by atoms with Crippen LogP contribution in [-0.2, 0) is 4.79 Å². The standard InChI is InChI=1S/C12H25N3O/c1-5-9(2)11(13)12(16)15-7-6-14(4)10(3)8-15/h9-11H,5-8,13H2,1-4H3/t9?,10?,11-/m0/s1. The molecular weight excluding hydrogens is 202 g/mol. The summed E-state index contributed by atoms with van der Waals surface area (Å²) in [5.74, 6) is 0.386. The van der Waals surface area contributed by atoms with Gasteiger partial charge in [0.1, 0.15) is 0 Å². The fourth-order valence-electron chi connectivity index (χ4n) is 1.96. The summed E-state index contributed by atoms with van der Waals surface area (Å²) in [7, 11) is 2.10. The molecule has 94 valence electrons. The van der Waals surface area contributed by atoms with E-state index in [1.54, 1.807) is 0 Å². The maximum absolute atomic E-state index is 12.1. The van der Waals surface area contributed by atoms with Crippen LogP contribution < -0.4 is 5.73 Å². The number of hydrogen-bond acceptors (Lipinski definition) is 3. The molecule has 4 nitrogen and oxygen atoms in total. The van der Waals surface area contributed by atoms with E-state index in [0.717, 1.165) is 26.1 Å². The van der Waals surface area contributed by atoms with E-state index >= 15 is 0 Å². The third-order valence-corrected chi connectivity index (χ3v) is 3.81. The summed E-state index contributed by atoms with van der Waals surface area (Å²) < 4.78 is 0. The van der Waals surface area contributed by atoms with Crippen molar-refractivity contribution in [2.75, 3.05) is 26.7 Å². The molecule has 0 saturated carbocycles. The average molecular weight is 227 g/mol. The van der Waals surface area contributed by atoms with E-state index in [1.807, 2.05) is 11.8 Å². The van der Waals surface area contributed by atoms with E-state index in [0.29, 0.717) is 6.04 Å². The number of nitrogens with zero attached hydrogens (tertiary/aromatic N) is 2. The smallest absolute Gasteiger partial charge is 0.239 e. The maximum Gasteiger partial charge on any atom is 0.239 e. The summed E-state index contributed by atoms with van der Waals surface area (Å²) in [6, 6.07) is 0.0995. The van der Waals surface area contributed by atoms with Gasteiger partial charge >= 0.3 is 0 Å². The lowest BCUT2D eigenvalue weighted by molar-refractivity contribution is -0.136. The molecule has 3 atom stereocenters. The van der Waals surface area contributed by atoms with Crippen LogP contribution in [0.4, 0.5) is 0 Å². The van der Waals surface area contributed by atoms with Crippen molar-refractivity contribution < 1.29 is 4.79 Å². The van der Waals surface area contributed by atoms with Crippen molar-refractivity contribution >= 4 is 5.91 Å². The maximum atomic E-state index is 12.1. The monoisotopic (exact) mass is 227 g/mol.